The minimum atomic E-state index is -2.04. The minimum absolute atomic E-state index is 0.521. The minimum Gasteiger partial charge on any atom is -0.253 e. The Bertz CT molecular complexity index is 125. The smallest absolute Gasteiger partial charge is 0.0447 e. The lowest BCUT2D eigenvalue weighted by atomic mass is 10.5. The van der Waals surface area contributed by atoms with E-state index >= 15 is 0 Å². The molecule has 1 fully saturated rings. The Morgan fingerprint density at radius 2 is 2.00 bits per heavy atom. The molecule has 2 nitrogen and oxygen atoms in total. The van der Waals surface area contributed by atoms with E-state index in [2.05, 4.69) is 0 Å². The number of hydrogen-bond acceptors (Lipinski definition) is 2. The van der Waals surface area contributed by atoms with Crippen molar-refractivity contribution in [2.75, 3.05) is 11.5 Å². The molecule has 1 aliphatic rings. The maximum Gasteiger partial charge on any atom is 0.0447 e. The summed E-state index contributed by atoms with van der Waals surface area (Å²) in [6.45, 7) is 0. The molecular weight excluding hydrogens is 98.1 g/mol. The summed E-state index contributed by atoms with van der Waals surface area (Å²) in [5, 5.41) is 0. The Morgan fingerprint density at radius 3 is 2.00 bits per heavy atom. The third-order valence-corrected chi connectivity index (χ3v) is 2.32. The second-order valence-corrected chi connectivity index (χ2v) is 3.72. The molecule has 0 aromatic heterocycles. The third kappa shape index (κ3) is 0.544. The predicted octanol–water partition coefficient (Wildman–Crippen LogP) is 0.251. The van der Waals surface area contributed by atoms with Crippen molar-refractivity contribution in [3.05, 3.63) is 6.42 Å². The van der Waals surface area contributed by atoms with E-state index in [0.717, 1.165) is 0 Å². The van der Waals surface area contributed by atoms with Gasteiger partial charge in [-0.2, -0.15) is 0 Å². The van der Waals surface area contributed by atoms with Crippen LogP contribution in [0.15, 0.2) is 0 Å². The maximum absolute atomic E-state index is 10.3. The first-order valence-electron chi connectivity index (χ1n) is 1.76. The molecule has 0 aromatic carbocycles. The van der Waals surface area contributed by atoms with Crippen molar-refractivity contribution in [2.45, 2.75) is 0 Å². The van der Waals surface area contributed by atoms with E-state index in [1.54, 1.807) is 0 Å². The van der Waals surface area contributed by atoms with Crippen LogP contribution in [0.5, 0.6) is 0 Å². The normalized spacial score (nSPS) is 28.7. The Morgan fingerprint density at radius 1 is 1.67 bits per heavy atom. The van der Waals surface area contributed by atoms with Gasteiger partial charge in [-0.1, -0.05) is 0 Å². The van der Waals surface area contributed by atoms with Crippen molar-refractivity contribution in [3.63, 3.8) is 0 Å². The highest BCUT2D eigenvalue weighted by atomic mass is 32.2. The van der Waals surface area contributed by atoms with Gasteiger partial charge in [0.2, 0.25) is 0 Å². The summed E-state index contributed by atoms with van der Waals surface area (Å²) in [5.41, 5.74) is 0. The zero-order valence-electron chi connectivity index (χ0n) is 3.31. The van der Waals surface area contributed by atoms with Crippen LogP contribution in [-0.4, -0.2) is 15.7 Å². The SMILES string of the molecule is N=S1(=O)C[CH]C1. The molecule has 0 spiro atoms. The molecule has 3 heteroatoms. The van der Waals surface area contributed by atoms with Gasteiger partial charge in [0.05, 0.1) is 0 Å². The van der Waals surface area contributed by atoms with Gasteiger partial charge in [0.25, 0.3) is 0 Å². The van der Waals surface area contributed by atoms with E-state index in [4.69, 9.17) is 4.78 Å². The van der Waals surface area contributed by atoms with Crippen LogP contribution in [0.3, 0.4) is 0 Å². The molecule has 6 heavy (non-hydrogen) atoms. The highest BCUT2D eigenvalue weighted by Gasteiger charge is 2.15. The molecule has 1 aliphatic heterocycles. The van der Waals surface area contributed by atoms with Gasteiger partial charge in [-0.3, -0.25) is 4.78 Å². The van der Waals surface area contributed by atoms with Crippen LogP contribution in [0.25, 0.3) is 0 Å². The van der Waals surface area contributed by atoms with Crippen LogP contribution in [0, 0.1) is 11.2 Å². The van der Waals surface area contributed by atoms with Crippen LogP contribution >= 0.6 is 0 Å². The molecule has 0 bridgehead atoms. The summed E-state index contributed by atoms with van der Waals surface area (Å²) in [6.07, 6.45) is 1.87. The number of hydrogen-bond donors (Lipinski definition) is 1. The quantitative estimate of drug-likeness (QED) is 0.470. The first kappa shape index (κ1) is 4.12. The topological polar surface area (TPSA) is 40.9 Å². The summed E-state index contributed by atoms with van der Waals surface area (Å²) in [7, 11) is -2.04. The Balaban J connectivity index is 2.78. The third-order valence-electron chi connectivity index (χ3n) is 0.774. The van der Waals surface area contributed by atoms with E-state index in [1.807, 2.05) is 6.42 Å². The van der Waals surface area contributed by atoms with Crippen LogP contribution < -0.4 is 0 Å². The Labute approximate surface area is 37.5 Å². The first-order valence-corrected chi connectivity index (χ1v) is 3.66. The average molecular weight is 104 g/mol. The van der Waals surface area contributed by atoms with E-state index in [-0.39, 0.29) is 0 Å². The van der Waals surface area contributed by atoms with Gasteiger partial charge >= 0.3 is 0 Å². The maximum atomic E-state index is 10.3. The zero-order valence-corrected chi connectivity index (χ0v) is 4.12. The van der Waals surface area contributed by atoms with Crippen molar-refractivity contribution in [1.29, 1.82) is 4.78 Å². The van der Waals surface area contributed by atoms with Gasteiger partial charge in [-0.15, -0.1) is 0 Å². The van der Waals surface area contributed by atoms with Crippen molar-refractivity contribution in [3.8, 4) is 0 Å². The second-order valence-electron chi connectivity index (χ2n) is 1.43. The number of rotatable bonds is 0. The molecule has 0 amide bonds. The molecular formula is C3H6NOS. The van der Waals surface area contributed by atoms with Gasteiger partial charge in [0.1, 0.15) is 0 Å². The fourth-order valence-corrected chi connectivity index (χ4v) is 0.996. The lowest BCUT2D eigenvalue weighted by Gasteiger charge is -2.13. The number of nitrogens with one attached hydrogen (secondary N) is 1. The van der Waals surface area contributed by atoms with Crippen LogP contribution in [0.1, 0.15) is 0 Å². The summed E-state index contributed by atoms with van der Waals surface area (Å²) in [6, 6.07) is 0. The molecule has 0 saturated carbocycles. The second kappa shape index (κ2) is 0.964. The average Bonchev–Trinajstić information content (AvgIpc) is 1.32. The van der Waals surface area contributed by atoms with Gasteiger partial charge in [0, 0.05) is 21.2 Å². The zero-order chi connectivity index (χ0) is 4.62. The molecule has 1 N–H and O–H groups in total. The predicted molar refractivity (Wildman–Crippen MR) is 24.9 cm³/mol. The Kier molecular flexibility index (Phi) is 0.662. The monoisotopic (exact) mass is 104 g/mol. The first-order chi connectivity index (χ1) is 2.71. The highest BCUT2D eigenvalue weighted by molar-refractivity contribution is 7.94. The Hall–Kier alpha value is -0.0500. The van der Waals surface area contributed by atoms with E-state index < -0.39 is 9.73 Å². The van der Waals surface area contributed by atoms with Gasteiger partial charge in [0.15, 0.2) is 0 Å². The van der Waals surface area contributed by atoms with Crippen molar-refractivity contribution >= 4 is 9.73 Å². The lowest BCUT2D eigenvalue weighted by molar-refractivity contribution is 0.672. The van der Waals surface area contributed by atoms with Crippen LogP contribution in [0.4, 0.5) is 0 Å². The largest absolute Gasteiger partial charge is 0.253 e. The fraction of sp³-hybridized carbons (Fsp3) is 0.667. The van der Waals surface area contributed by atoms with Crippen LogP contribution in [0.2, 0.25) is 0 Å². The van der Waals surface area contributed by atoms with Gasteiger partial charge < -0.3 is 0 Å². The molecule has 0 aliphatic carbocycles. The summed E-state index contributed by atoms with van der Waals surface area (Å²) < 4.78 is 17.0. The molecule has 35 valence electrons. The molecule has 1 heterocycles. The lowest BCUT2D eigenvalue weighted by Crippen LogP contribution is -2.22. The van der Waals surface area contributed by atoms with Crippen molar-refractivity contribution < 1.29 is 4.21 Å². The van der Waals surface area contributed by atoms with Crippen molar-refractivity contribution in [2.24, 2.45) is 0 Å². The van der Waals surface area contributed by atoms with Gasteiger partial charge in [-0.25, -0.2) is 4.21 Å². The molecule has 0 aromatic rings. The fourth-order valence-electron chi connectivity index (χ4n) is 0.332. The van der Waals surface area contributed by atoms with Gasteiger partial charge in [-0.05, 0) is 6.42 Å². The molecule has 1 radical (unpaired) electrons. The molecule has 0 atom stereocenters. The molecule has 1 saturated heterocycles. The van der Waals surface area contributed by atoms with E-state index in [1.165, 1.54) is 0 Å². The summed E-state index contributed by atoms with van der Waals surface area (Å²) >= 11 is 0. The van der Waals surface area contributed by atoms with Crippen LogP contribution in [-0.2, 0) is 9.73 Å². The van der Waals surface area contributed by atoms with E-state index in [9.17, 15) is 4.21 Å². The standard InChI is InChI=1S/C3H6NOS/c4-6(5)2-1-3-6/h1,4H,2-3H2. The molecule has 1 rings (SSSR count). The summed E-state index contributed by atoms with van der Waals surface area (Å²) in [4.78, 5) is 0. The molecule has 0 unspecified atom stereocenters. The highest BCUT2D eigenvalue weighted by Crippen LogP contribution is 2.06. The summed E-state index contributed by atoms with van der Waals surface area (Å²) in [5.74, 6) is 1.04. The van der Waals surface area contributed by atoms with E-state index in [0.29, 0.717) is 11.5 Å². The van der Waals surface area contributed by atoms with Crippen molar-refractivity contribution in [1.82, 2.24) is 0 Å².